The van der Waals surface area contributed by atoms with Gasteiger partial charge in [0.2, 0.25) is 0 Å². The molecule has 1 aromatic carbocycles. The number of aliphatic carboxylic acids is 1. The van der Waals surface area contributed by atoms with Crippen molar-refractivity contribution in [2.45, 2.75) is 12.8 Å². The quantitative estimate of drug-likeness (QED) is 0.822. The van der Waals surface area contributed by atoms with Crippen molar-refractivity contribution in [1.82, 2.24) is 9.97 Å². The Labute approximate surface area is 92.3 Å². The standard InChI is InChI=1S/C12H12N2O2/c15-12(16)9-5-8(9)3-7-1-2-10-11(4-7)14-6-13-10/h1-2,4,6,8-9H,3,5H2,(H,13,14)(H,15,16). The molecule has 0 saturated heterocycles. The normalized spacial score (nSPS) is 23.5. The number of imidazole rings is 1. The number of benzene rings is 1. The Morgan fingerprint density at radius 3 is 3.19 bits per heavy atom. The highest BCUT2D eigenvalue weighted by molar-refractivity contribution is 5.75. The zero-order chi connectivity index (χ0) is 11.1. The summed E-state index contributed by atoms with van der Waals surface area (Å²) in [7, 11) is 0. The van der Waals surface area contributed by atoms with Gasteiger partial charge < -0.3 is 10.1 Å². The van der Waals surface area contributed by atoms with Gasteiger partial charge in [0.05, 0.1) is 23.3 Å². The van der Waals surface area contributed by atoms with Crippen molar-refractivity contribution in [1.29, 1.82) is 0 Å². The van der Waals surface area contributed by atoms with Gasteiger partial charge in [0, 0.05) is 0 Å². The molecule has 4 nitrogen and oxygen atoms in total. The topological polar surface area (TPSA) is 66.0 Å². The van der Waals surface area contributed by atoms with Crippen LogP contribution in [0.4, 0.5) is 0 Å². The van der Waals surface area contributed by atoms with Crippen LogP contribution in [-0.2, 0) is 11.2 Å². The Kier molecular flexibility index (Phi) is 1.96. The molecule has 1 aliphatic rings. The van der Waals surface area contributed by atoms with Gasteiger partial charge in [-0.2, -0.15) is 0 Å². The summed E-state index contributed by atoms with van der Waals surface area (Å²) < 4.78 is 0. The summed E-state index contributed by atoms with van der Waals surface area (Å²) in [5, 5.41) is 8.82. The Bertz CT molecular complexity index is 547. The van der Waals surface area contributed by atoms with Gasteiger partial charge >= 0.3 is 5.97 Å². The van der Waals surface area contributed by atoms with E-state index in [0.717, 1.165) is 23.9 Å². The highest BCUT2D eigenvalue weighted by Crippen LogP contribution is 2.41. The van der Waals surface area contributed by atoms with E-state index in [9.17, 15) is 4.79 Å². The van der Waals surface area contributed by atoms with Gasteiger partial charge in [-0.25, -0.2) is 4.98 Å². The molecule has 82 valence electrons. The molecule has 3 rings (SSSR count). The van der Waals surface area contributed by atoms with Crippen molar-refractivity contribution >= 4 is 17.0 Å². The van der Waals surface area contributed by atoms with E-state index in [-0.39, 0.29) is 5.92 Å². The number of nitrogens with one attached hydrogen (secondary N) is 1. The zero-order valence-electron chi connectivity index (χ0n) is 8.68. The van der Waals surface area contributed by atoms with Crippen LogP contribution in [0.1, 0.15) is 12.0 Å². The number of carboxylic acids is 1. The second kappa shape index (κ2) is 3.33. The van der Waals surface area contributed by atoms with E-state index in [1.165, 1.54) is 5.56 Å². The van der Waals surface area contributed by atoms with Gasteiger partial charge in [-0.15, -0.1) is 0 Å². The van der Waals surface area contributed by atoms with Gasteiger partial charge in [0.15, 0.2) is 0 Å². The molecule has 1 saturated carbocycles. The van der Waals surface area contributed by atoms with Crippen LogP contribution in [0.25, 0.3) is 11.0 Å². The molecule has 1 heterocycles. The van der Waals surface area contributed by atoms with Gasteiger partial charge in [0.25, 0.3) is 0 Å². The van der Waals surface area contributed by atoms with Crippen LogP contribution in [0, 0.1) is 11.8 Å². The molecule has 0 amide bonds. The predicted molar refractivity (Wildman–Crippen MR) is 59.0 cm³/mol. The monoisotopic (exact) mass is 216 g/mol. The first kappa shape index (κ1) is 9.39. The van der Waals surface area contributed by atoms with E-state index in [2.05, 4.69) is 16.0 Å². The number of nitrogens with zero attached hydrogens (tertiary/aromatic N) is 1. The van der Waals surface area contributed by atoms with E-state index >= 15 is 0 Å². The fourth-order valence-corrected chi connectivity index (χ4v) is 2.19. The molecule has 0 aliphatic heterocycles. The fourth-order valence-electron chi connectivity index (χ4n) is 2.19. The molecule has 1 aromatic heterocycles. The van der Waals surface area contributed by atoms with Crippen LogP contribution in [0.15, 0.2) is 24.5 Å². The fraction of sp³-hybridized carbons (Fsp3) is 0.333. The van der Waals surface area contributed by atoms with Crippen molar-refractivity contribution < 1.29 is 9.90 Å². The first-order valence-corrected chi connectivity index (χ1v) is 5.39. The Morgan fingerprint density at radius 1 is 1.56 bits per heavy atom. The number of hydrogen-bond acceptors (Lipinski definition) is 2. The molecule has 0 radical (unpaired) electrons. The third-order valence-electron chi connectivity index (χ3n) is 3.22. The highest BCUT2D eigenvalue weighted by Gasteiger charge is 2.42. The number of H-pyrrole nitrogens is 1. The minimum absolute atomic E-state index is 0.127. The second-order valence-corrected chi connectivity index (χ2v) is 4.40. The number of aromatic amines is 1. The Hall–Kier alpha value is -1.84. The number of rotatable bonds is 3. The maximum absolute atomic E-state index is 10.7. The maximum atomic E-state index is 10.7. The van der Waals surface area contributed by atoms with E-state index in [1.807, 2.05) is 12.1 Å². The van der Waals surface area contributed by atoms with Crippen LogP contribution in [0.2, 0.25) is 0 Å². The summed E-state index contributed by atoms with van der Waals surface area (Å²) in [6.07, 6.45) is 3.34. The molecular weight excluding hydrogens is 204 g/mol. The third-order valence-corrected chi connectivity index (χ3v) is 3.22. The van der Waals surface area contributed by atoms with Crippen molar-refractivity contribution in [2.24, 2.45) is 11.8 Å². The molecule has 1 fully saturated rings. The third kappa shape index (κ3) is 1.56. The minimum atomic E-state index is -0.660. The number of carboxylic acid groups (broad SMARTS) is 1. The Balaban J connectivity index is 1.77. The van der Waals surface area contributed by atoms with Crippen LogP contribution >= 0.6 is 0 Å². The summed E-state index contributed by atoms with van der Waals surface area (Å²) >= 11 is 0. The average Bonchev–Trinajstić information content (AvgIpc) is 2.87. The number of fused-ring (bicyclic) bond motifs is 1. The van der Waals surface area contributed by atoms with Crippen molar-refractivity contribution in [3.63, 3.8) is 0 Å². The zero-order valence-corrected chi connectivity index (χ0v) is 8.68. The molecular formula is C12H12N2O2. The maximum Gasteiger partial charge on any atom is 0.306 e. The minimum Gasteiger partial charge on any atom is -0.481 e. The molecule has 16 heavy (non-hydrogen) atoms. The molecule has 2 unspecified atom stereocenters. The van der Waals surface area contributed by atoms with Crippen LogP contribution in [-0.4, -0.2) is 21.0 Å². The van der Waals surface area contributed by atoms with Crippen molar-refractivity contribution in [2.75, 3.05) is 0 Å². The predicted octanol–water partition coefficient (Wildman–Crippen LogP) is 1.83. The smallest absolute Gasteiger partial charge is 0.306 e. The van der Waals surface area contributed by atoms with E-state index in [1.54, 1.807) is 6.33 Å². The van der Waals surface area contributed by atoms with Crippen LogP contribution in [0.5, 0.6) is 0 Å². The van der Waals surface area contributed by atoms with E-state index in [0.29, 0.717) is 5.92 Å². The average molecular weight is 216 g/mol. The molecule has 0 spiro atoms. The lowest BCUT2D eigenvalue weighted by atomic mass is 10.1. The van der Waals surface area contributed by atoms with E-state index < -0.39 is 5.97 Å². The summed E-state index contributed by atoms with van der Waals surface area (Å²) in [5.41, 5.74) is 3.16. The van der Waals surface area contributed by atoms with E-state index in [4.69, 9.17) is 5.11 Å². The molecule has 2 N–H and O–H groups in total. The molecule has 0 bridgehead atoms. The summed E-state index contributed by atoms with van der Waals surface area (Å²) in [5.74, 6) is -0.469. The van der Waals surface area contributed by atoms with Gasteiger partial charge in [-0.3, -0.25) is 4.79 Å². The molecule has 4 heteroatoms. The van der Waals surface area contributed by atoms with Crippen molar-refractivity contribution in [3.8, 4) is 0 Å². The number of carbonyl (C=O) groups is 1. The van der Waals surface area contributed by atoms with Crippen molar-refractivity contribution in [3.05, 3.63) is 30.1 Å². The summed E-state index contributed by atoms with van der Waals surface area (Å²) in [6, 6.07) is 6.05. The Morgan fingerprint density at radius 2 is 2.44 bits per heavy atom. The lowest BCUT2D eigenvalue weighted by Crippen LogP contribution is -2.01. The molecule has 1 aliphatic carbocycles. The SMILES string of the molecule is O=C(O)C1CC1Cc1ccc2nc[nH]c2c1. The molecule has 2 atom stereocenters. The lowest BCUT2D eigenvalue weighted by molar-refractivity contribution is -0.138. The van der Waals surface area contributed by atoms with Crippen LogP contribution < -0.4 is 0 Å². The number of hydrogen-bond donors (Lipinski definition) is 2. The lowest BCUT2D eigenvalue weighted by Gasteiger charge is -1.99. The summed E-state index contributed by atoms with van der Waals surface area (Å²) in [4.78, 5) is 17.9. The first-order valence-electron chi connectivity index (χ1n) is 5.39. The summed E-state index contributed by atoms with van der Waals surface area (Å²) in [6.45, 7) is 0. The van der Waals surface area contributed by atoms with Gasteiger partial charge in [-0.1, -0.05) is 6.07 Å². The van der Waals surface area contributed by atoms with Gasteiger partial charge in [-0.05, 0) is 36.5 Å². The number of aromatic nitrogens is 2. The highest BCUT2D eigenvalue weighted by atomic mass is 16.4. The molecule has 2 aromatic rings. The van der Waals surface area contributed by atoms with Crippen LogP contribution in [0.3, 0.4) is 0 Å². The second-order valence-electron chi connectivity index (χ2n) is 4.40. The first-order chi connectivity index (χ1) is 7.74. The van der Waals surface area contributed by atoms with Gasteiger partial charge in [0.1, 0.15) is 0 Å². The largest absolute Gasteiger partial charge is 0.481 e.